The summed E-state index contributed by atoms with van der Waals surface area (Å²) in [4.78, 5) is 0. The first-order valence-electron chi connectivity index (χ1n) is 6.26. The quantitative estimate of drug-likeness (QED) is 0.497. The second-order valence-corrected chi connectivity index (χ2v) is 4.87. The summed E-state index contributed by atoms with van der Waals surface area (Å²) in [6.45, 7) is 8.42. The molecule has 0 saturated carbocycles. The van der Waals surface area contributed by atoms with Crippen molar-refractivity contribution in [3.63, 3.8) is 0 Å². The van der Waals surface area contributed by atoms with Gasteiger partial charge >= 0.3 is 0 Å². The average molecular weight is 232 g/mol. The maximum absolute atomic E-state index is 4.14. The zero-order valence-corrected chi connectivity index (χ0v) is 10.8. The van der Waals surface area contributed by atoms with Gasteiger partial charge in [0.25, 0.3) is 0 Å². The topological polar surface area (TPSA) is 0 Å². The Labute approximate surface area is 108 Å². The Morgan fingerprint density at radius 1 is 0.778 bits per heavy atom. The highest BCUT2D eigenvalue weighted by atomic mass is 14.1. The third-order valence-corrected chi connectivity index (χ3v) is 3.62. The number of benzene rings is 3. The summed E-state index contributed by atoms with van der Waals surface area (Å²) in [6, 6.07) is 17.2. The van der Waals surface area contributed by atoms with Crippen LogP contribution in [0.15, 0.2) is 55.1 Å². The highest BCUT2D eigenvalue weighted by molar-refractivity contribution is 6.13. The smallest absolute Gasteiger partial charge is 0.00991 e. The lowest BCUT2D eigenvalue weighted by Gasteiger charge is -2.14. The van der Waals surface area contributed by atoms with E-state index in [4.69, 9.17) is 0 Å². The molecule has 0 unspecified atom stereocenters. The molecular formula is C18H16. The highest BCUT2D eigenvalue weighted by Crippen LogP contribution is 2.35. The molecule has 3 aromatic rings. The Balaban J connectivity index is 2.66. The lowest BCUT2D eigenvalue weighted by molar-refractivity contribution is 1.49. The summed E-state index contributed by atoms with van der Waals surface area (Å²) in [5, 5.41) is 5.28. The van der Waals surface area contributed by atoms with Gasteiger partial charge in [-0.05, 0) is 46.5 Å². The van der Waals surface area contributed by atoms with E-state index in [-0.39, 0.29) is 0 Å². The molecule has 0 amide bonds. The number of rotatable bonds is 1. The normalized spacial score (nSPS) is 11.0. The molecular weight excluding hydrogens is 216 g/mol. The van der Waals surface area contributed by atoms with Crippen LogP contribution in [0.4, 0.5) is 0 Å². The molecule has 0 spiro atoms. The monoisotopic (exact) mass is 232 g/mol. The summed E-state index contributed by atoms with van der Waals surface area (Å²) in [7, 11) is 0. The number of hydrogen-bond donors (Lipinski definition) is 0. The molecule has 18 heavy (non-hydrogen) atoms. The molecule has 0 aliphatic rings. The van der Waals surface area contributed by atoms with Gasteiger partial charge in [0.05, 0.1) is 0 Å². The molecule has 0 atom stereocenters. The molecule has 3 rings (SSSR count). The maximum atomic E-state index is 4.14. The minimum Gasteiger partial charge on any atom is -0.0955 e. The number of hydrogen-bond acceptors (Lipinski definition) is 0. The lowest BCUT2D eigenvalue weighted by Crippen LogP contribution is -1.91. The van der Waals surface area contributed by atoms with Crippen LogP contribution in [0.2, 0.25) is 0 Å². The second kappa shape index (κ2) is 3.99. The van der Waals surface area contributed by atoms with E-state index in [2.05, 4.69) is 69.0 Å². The molecule has 0 heteroatoms. The number of fused-ring (bicyclic) bond motifs is 3. The molecule has 3 aromatic carbocycles. The Kier molecular flexibility index (Phi) is 2.45. The zero-order chi connectivity index (χ0) is 12.7. The van der Waals surface area contributed by atoms with Crippen LogP contribution in [0.1, 0.15) is 18.1 Å². The predicted octanol–water partition coefficient (Wildman–Crippen LogP) is 5.33. The molecule has 0 fully saturated rings. The third kappa shape index (κ3) is 1.46. The molecule has 0 aromatic heterocycles. The van der Waals surface area contributed by atoms with E-state index in [1.54, 1.807) is 0 Å². The molecule has 0 bridgehead atoms. The Hall–Kier alpha value is -2.08. The van der Waals surface area contributed by atoms with Crippen molar-refractivity contribution in [2.75, 3.05) is 0 Å². The van der Waals surface area contributed by atoms with E-state index >= 15 is 0 Å². The maximum Gasteiger partial charge on any atom is -0.00991 e. The largest absolute Gasteiger partial charge is 0.0955 e. The summed E-state index contributed by atoms with van der Waals surface area (Å²) in [5.74, 6) is 0. The highest BCUT2D eigenvalue weighted by Gasteiger charge is 2.10. The predicted molar refractivity (Wildman–Crippen MR) is 80.9 cm³/mol. The lowest BCUT2D eigenvalue weighted by atomic mass is 9.90. The van der Waals surface area contributed by atoms with Gasteiger partial charge in [0.1, 0.15) is 0 Å². The fourth-order valence-corrected chi connectivity index (χ4v) is 2.87. The summed E-state index contributed by atoms with van der Waals surface area (Å²) in [5.41, 5.74) is 3.76. The zero-order valence-electron chi connectivity index (χ0n) is 10.8. The summed E-state index contributed by atoms with van der Waals surface area (Å²) < 4.78 is 0. The van der Waals surface area contributed by atoms with Crippen LogP contribution in [0.25, 0.3) is 27.1 Å². The van der Waals surface area contributed by atoms with Crippen molar-refractivity contribution in [3.05, 3.63) is 66.2 Å². The van der Waals surface area contributed by atoms with Crippen molar-refractivity contribution < 1.29 is 0 Å². The Bertz CT molecular complexity index is 763. The third-order valence-electron chi connectivity index (χ3n) is 3.62. The van der Waals surface area contributed by atoms with E-state index < -0.39 is 0 Å². The standard InChI is InChI=1S/C18H16/c1-12(2)18-13(3)14-8-4-5-9-15(14)16-10-6-7-11-17(16)18/h4-11H,1H2,2-3H3. The van der Waals surface area contributed by atoms with E-state index in [0.717, 1.165) is 5.57 Å². The number of allylic oxidation sites excluding steroid dienone is 1. The van der Waals surface area contributed by atoms with Gasteiger partial charge in [-0.25, -0.2) is 0 Å². The minimum absolute atomic E-state index is 1.13. The van der Waals surface area contributed by atoms with Crippen LogP contribution in [-0.2, 0) is 0 Å². The molecule has 0 aliphatic carbocycles. The van der Waals surface area contributed by atoms with Gasteiger partial charge in [-0.1, -0.05) is 60.7 Å². The first-order chi connectivity index (χ1) is 8.70. The van der Waals surface area contributed by atoms with Crippen LogP contribution >= 0.6 is 0 Å². The van der Waals surface area contributed by atoms with Crippen LogP contribution in [0, 0.1) is 6.92 Å². The van der Waals surface area contributed by atoms with Crippen molar-refractivity contribution in [3.8, 4) is 0 Å². The van der Waals surface area contributed by atoms with Gasteiger partial charge in [-0.3, -0.25) is 0 Å². The molecule has 0 saturated heterocycles. The van der Waals surface area contributed by atoms with Crippen LogP contribution in [0.3, 0.4) is 0 Å². The first-order valence-corrected chi connectivity index (χ1v) is 6.26. The van der Waals surface area contributed by atoms with E-state index in [0.29, 0.717) is 0 Å². The fourth-order valence-electron chi connectivity index (χ4n) is 2.87. The van der Waals surface area contributed by atoms with Crippen molar-refractivity contribution in [1.29, 1.82) is 0 Å². The van der Waals surface area contributed by atoms with E-state index in [1.807, 2.05) is 0 Å². The van der Waals surface area contributed by atoms with Crippen molar-refractivity contribution in [2.24, 2.45) is 0 Å². The molecule has 0 radical (unpaired) electrons. The molecule has 0 aliphatic heterocycles. The van der Waals surface area contributed by atoms with Crippen LogP contribution in [0.5, 0.6) is 0 Å². The van der Waals surface area contributed by atoms with Gasteiger partial charge in [0.15, 0.2) is 0 Å². The second-order valence-electron chi connectivity index (χ2n) is 4.87. The molecule has 88 valence electrons. The van der Waals surface area contributed by atoms with Crippen LogP contribution in [-0.4, -0.2) is 0 Å². The van der Waals surface area contributed by atoms with Crippen molar-refractivity contribution in [2.45, 2.75) is 13.8 Å². The average Bonchev–Trinajstić information content (AvgIpc) is 2.39. The van der Waals surface area contributed by atoms with Gasteiger partial charge in [0, 0.05) is 0 Å². The van der Waals surface area contributed by atoms with Crippen molar-refractivity contribution in [1.82, 2.24) is 0 Å². The van der Waals surface area contributed by atoms with Crippen LogP contribution < -0.4 is 0 Å². The molecule has 0 heterocycles. The number of aryl methyl sites for hydroxylation is 1. The van der Waals surface area contributed by atoms with Gasteiger partial charge in [0.2, 0.25) is 0 Å². The van der Waals surface area contributed by atoms with Gasteiger partial charge in [-0.2, -0.15) is 0 Å². The molecule has 0 nitrogen and oxygen atoms in total. The summed E-state index contributed by atoms with van der Waals surface area (Å²) in [6.07, 6.45) is 0. The Morgan fingerprint density at radius 3 is 1.78 bits per heavy atom. The first kappa shape index (κ1) is 11.0. The van der Waals surface area contributed by atoms with Gasteiger partial charge < -0.3 is 0 Å². The van der Waals surface area contributed by atoms with Crippen molar-refractivity contribution >= 4 is 27.1 Å². The molecule has 0 N–H and O–H groups in total. The fraction of sp³-hybridized carbons (Fsp3) is 0.111. The summed E-state index contributed by atoms with van der Waals surface area (Å²) >= 11 is 0. The SMILES string of the molecule is C=C(C)c1c(C)c2ccccc2c2ccccc12. The minimum atomic E-state index is 1.13. The van der Waals surface area contributed by atoms with E-state index in [1.165, 1.54) is 32.7 Å². The van der Waals surface area contributed by atoms with E-state index in [9.17, 15) is 0 Å². The Morgan fingerprint density at radius 2 is 1.22 bits per heavy atom. The van der Waals surface area contributed by atoms with Gasteiger partial charge in [-0.15, -0.1) is 0 Å².